The summed E-state index contributed by atoms with van der Waals surface area (Å²) in [4.78, 5) is 23.3. The van der Waals surface area contributed by atoms with Gasteiger partial charge in [-0.3, -0.25) is 0 Å². The van der Waals surface area contributed by atoms with Crippen LogP contribution in [0.2, 0.25) is 0 Å². The first kappa shape index (κ1) is 15.4. The van der Waals surface area contributed by atoms with Crippen molar-refractivity contribution < 1.29 is 9.59 Å². The molecule has 3 aliphatic carbocycles. The van der Waals surface area contributed by atoms with Gasteiger partial charge < -0.3 is 21.3 Å². The normalized spacial score (nSPS) is 27.8. The van der Waals surface area contributed by atoms with Crippen LogP contribution in [0.15, 0.2) is 0 Å². The van der Waals surface area contributed by atoms with Crippen molar-refractivity contribution in [1.82, 2.24) is 21.3 Å². The molecule has 4 amide bonds. The Morgan fingerprint density at radius 1 is 0.727 bits per heavy atom. The van der Waals surface area contributed by atoms with Crippen LogP contribution in [0.5, 0.6) is 0 Å². The topological polar surface area (TPSA) is 82.3 Å². The van der Waals surface area contributed by atoms with Gasteiger partial charge in [0.15, 0.2) is 0 Å². The highest BCUT2D eigenvalue weighted by molar-refractivity contribution is 5.74. The predicted molar refractivity (Wildman–Crippen MR) is 84.6 cm³/mol. The maximum Gasteiger partial charge on any atom is 0.315 e. The number of amides is 4. The molecule has 124 valence electrons. The zero-order chi connectivity index (χ0) is 15.4. The van der Waals surface area contributed by atoms with Gasteiger partial charge in [0.25, 0.3) is 0 Å². The first-order chi connectivity index (χ1) is 10.7. The van der Waals surface area contributed by atoms with Gasteiger partial charge in [-0.25, -0.2) is 9.59 Å². The zero-order valence-corrected chi connectivity index (χ0v) is 13.2. The van der Waals surface area contributed by atoms with E-state index in [2.05, 4.69) is 21.3 Å². The fraction of sp³-hybridized carbons (Fsp3) is 0.875. The van der Waals surface area contributed by atoms with E-state index in [4.69, 9.17) is 0 Å². The van der Waals surface area contributed by atoms with Crippen LogP contribution in [-0.2, 0) is 0 Å². The maximum absolute atomic E-state index is 11.7. The van der Waals surface area contributed by atoms with Crippen LogP contribution in [0, 0.1) is 11.8 Å². The molecule has 3 saturated carbocycles. The second-order valence-corrected chi connectivity index (χ2v) is 7.16. The molecular formula is C16H28N4O2. The van der Waals surface area contributed by atoms with Gasteiger partial charge in [0, 0.05) is 25.2 Å². The van der Waals surface area contributed by atoms with E-state index in [1.807, 2.05) is 0 Å². The zero-order valence-electron chi connectivity index (χ0n) is 13.2. The van der Waals surface area contributed by atoms with E-state index in [-0.39, 0.29) is 12.1 Å². The van der Waals surface area contributed by atoms with Gasteiger partial charge >= 0.3 is 12.1 Å². The van der Waals surface area contributed by atoms with E-state index in [0.717, 1.165) is 45.2 Å². The molecule has 0 aromatic rings. The number of urea groups is 2. The Morgan fingerprint density at radius 2 is 1.18 bits per heavy atom. The van der Waals surface area contributed by atoms with E-state index >= 15 is 0 Å². The highest BCUT2D eigenvalue weighted by atomic mass is 16.2. The molecule has 6 nitrogen and oxygen atoms in total. The fourth-order valence-electron chi connectivity index (χ4n) is 3.18. The van der Waals surface area contributed by atoms with Gasteiger partial charge in [-0.1, -0.05) is 6.42 Å². The summed E-state index contributed by atoms with van der Waals surface area (Å²) in [6.45, 7) is 1.51. The molecule has 0 radical (unpaired) electrons. The van der Waals surface area contributed by atoms with E-state index in [1.54, 1.807) is 0 Å². The second-order valence-electron chi connectivity index (χ2n) is 7.16. The van der Waals surface area contributed by atoms with Gasteiger partial charge in [0.2, 0.25) is 0 Å². The molecule has 22 heavy (non-hydrogen) atoms. The summed E-state index contributed by atoms with van der Waals surface area (Å²) in [7, 11) is 0. The van der Waals surface area contributed by atoms with Gasteiger partial charge in [-0.15, -0.1) is 0 Å². The van der Waals surface area contributed by atoms with Crippen molar-refractivity contribution in [3.05, 3.63) is 0 Å². The van der Waals surface area contributed by atoms with E-state index in [9.17, 15) is 9.59 Å². The second kappa shape index (κ2) is 7.20. The molecule has 0 aliphatic heterocycles. The number of hydrogen-bond donors (Lipinski definition) is 4. The van der Waals surface area contributed by atoms with Crippen LogP contribution >= 0.6 is 0 Å². The van der Waals surface area contributed by atoms with Crippen LogP contribution in [0.3, 0.4) is 0 Å². The van der Waals surface area contributed by atoms with Crippen LogP contribution in [0.25, 0.3) is 0 Å². The lowest BCUT2D eigenvalue weighted by Gasteiger charge is -2.29. The summed E-state index contributed by atoms with van der Waals surface area (Å²) < 4.78 is 0. The number of carbonyl (C=O) groups excluding carboxylic acids is 2. The van der Waals surface area contributed by atoms with Crippen molar-refractivity contribution >= 4 is 12.1 Å². The van der Waals surface area contributed by atoms with Gasteiger partial charge in [0.05, 0.1) is 0 Å². The first-order valence-corrected chi connectivity index (χ1v) is 8.78. The van der Waals surface area contributed by atoms with Gasteiger partial charge in [0.1, 0.15) is 0 Å². The van der Waals surface area contributed by atoms with Crippen molar-refractivity contribution in [2.45, 2.75) is 63.5 Å². The van der Waals surface area contributed by atoms with Crippen LogP contribution in [-0.4, -0.2) is 37.2 Å². The van der Waals surface area contributed by atoms with Crippen LogP contribution in [0.4, 0.5) is 9.59 Å². The van der Waals surface area contributed by atoms with Crippen molar-refractivity contribution in [3.63, 3.8) is 0 Å². The van der Waals surface area contributed by atoms with E-state index < -0.39 is 0 Å². The van der Waals surface area contributed by atoms with Crippen LogP contribution in [0.1, 0.15) is 51.4 Å². The monoisotopic (exact) mass is 308 g/mol. The van der Waals surface area contributed by atoms with Crippen molar-refractivity contribution in [1.29, 1.82) is 0 Å². The molecule has 0 aromatic heterocycles. The molecule has 3 rings (SSSR count). The minimum Gasteiger partial charge on any atom is -0.338 e. The Labute approximate surface area is 132 Å². The third-order valence-electron chi connectivity index (χ3n) is 4.82. The molecule has 3 fully saturated rings. The molecule has 6 heteroatoms. The van der Waals surface area contributed by atoms with E-state index in [0.29, 0.717) is 23.9 Å². The fourth-order valence-corrected chi connectivity index (χ4v) is 3.18. The third kappa shape index (κ3) is 5.39. The number of hydrogen-bond acceptors (Lipinski definition) is 2. The van der Waals surface area contributed by atoms with Crippen molar-refractivity contribution in [3.8, 4) is 0 Å². The SMILES string of the molecule is O=C(NCC1CCCC(CNC(=O)NC2CC2)C1)NC1CC1. The summed E-state index contributed by atoms with van der Waals surface area (Å²) in [5, 5.41) is 11.9. The minimum absolute atomic E-state index is 0.0217. The summed E-state index contributed by atoms with van der Waals surface area (Å²) in [6, 6.07) is 0.777. The molecule has 3 aliphatic rings. The minimum atomic E-state index is -0.0217. The summed E-state index contributed by atoms with van der Waals surface area (Å²) in [5.74, 6) is 1.08. The van der Waals surface area contributed by atoms with Crippen LogP contribution < -0.4 is 21.3 Å². The smallest absolute Gasteiger partial charge is 0.315 e. The number of nitrogens with one attached hydrogen (secondary N) is 4. The lowest BCUT2D eigenvalue weighted by atomic mass is 9.81. The molecule has 0 bridgehead atoms. The first-order valence-electron chi connectivity index (χ1n) is 8.78. The van der Waals surface area contributed by atoms with E-state index in [1.165, 1.54) is 19.3 Å². The lowest BCUT2D eigenvalue weighted by Crippen LogP contribution is -2.42. The largest absolute Gasteiger partial charge is 0.338 e. The number of carbonyl (C=O) groups is 2. The number of rotatable bonds is 6. The van der Waals surface area contributed by atoms with Gasteiger partial charge in [-0.05, 0) is 56.8 Å². The Bertz CT molecular complexity index is 371. The summed E-state index contributed by atoms with van der Waals surface area (Å²) in [6.07, 6.45) is 9.10. The average Bonchev–Trinajstić information content (AvgIpc) is 3.40. The molecular weight excluding hydrogens is 280 g/mol. The molecule has 0 saturated heterocycles. The van der Waals surface area contributed by atoms with Crippen molar-refractivity contribution in [2.24, 2.45) is 11.8 Å². The molecule has 2 unspecified atom stereocenters. The predicted octanol–water partition coefficient (Wildman–Crippen LogP) is 1.72. The van der Waals surface area contributed by atoms with Gasteiger partial charge in [-0.2, -0.15) is 0 Å². The Kier molecular flexibility index (Phi) is 5.05. The molecule has 2 atom stereocenters. The third-order valence-corrected chi connectivity index (χ3v) is 4.82. The van der Waals surface area contributed by atoms with Crippen molar-refractivity contribution in [2.75, 3.05) is 13.1 Å². The highest BCUT2D eigenvalue weighted by Gasteiger charge is 2.26. The molecule has 4 N–H and O–H groups in total. The molecule has 0 aromatic carbocycles. The highest BCUT2D eigenvalue weighted by Crippen LogP contribution is 2.28. The quantitative estimate of drug-likeness (QED) is 0.602. The molecule has 0 spiro atoms. The summed E-state index contributed by atoms with van der Waals surface area (Å²) in [5.41, 5.74) is 0. The maximum atomic E-state index is 11.7. The Hall–Kier alpha value is -1.46. The Morgan fingerprint density at radius 3 is 1.59 bits per heavy atom. The lowest BCUT2D eigenvalue weighted by molar-refractivity contribution is 0.221. The standard InChI is InChI=1S/C16H28N4O2/c21-15(19-13-4-5-13)17-9-11-2-1-3-12(8-11)10-18-16(22)20-14-6-7-14/h11-14H,1-10H2,(H2,17,19,21)(H2,18,20,22). The molecule has 0 heterocycles. The Balaban J connectivity index is 1.29. The summed E-state index contributed by atoms with van der Waals surface area (Å²) >= 11 is 0. The average molecular weight is 308 g/mol.